The fourth-order valence-electron chi connectivity index (χ4n) is 2.41. The molecule has 3 heterocycles. The van der Waals surface area contributed by atoms with E-state index in [1.54, 1.807) is 18.2 Å². The van der Waals surface area contributed by atoms with Gasteiger partial charge in [0.1, 0.15) is 10.9 Å². The number of rotatable bonds is 2. The van der Waals surface area contributed by atoms with Gasteiger partial charge in [-0.25, -0.2) is 17.9 Å². The number of aldehydes is 1. The average Bonchev–Trinajstić information content (AvgIpc) is 2.81. The van der Waals surface area contributed by atoms with Crippen LogP contribution in [0.5, 0.6) is 0 Å². The Balaban J connectivity index is 2.13. The van der Waals surface area contributed by atoms with E-state index in [0.29, 0.717) is 36.3 Å². The van der Waals surface area contributed by atoms with Crippen LogP contribution in [0.25, 0.3) is 5.65 Å². The van der Waals surface area contributed by atoms with Crippen molar-refractivity contribution >= 4 is 21.8 Å². The first-order valence-electron chi connectivity index (χ1n) is 6.14. The fourth-order valence-corrected chi connectivity index (χ4v) is 4.25. The van der Waals surface area contributed by atoms with Crippen molar-refractivity contribution in [3.05, 3.63) is 29.7 Å². The lowest BCUT2D eigenvalue weighted by molar-refractivity contribution is 0.111. The van der Waals surface area contributed by atoms with Gasteiger partial charge >= 0.3 is 0 Å². The zero-order valence-corrected chi connectivity index (χ0v) is 11.0. The molecule has 1 atom stereocenters. The Morgan fingerprint density at radius 3 is 2.89 bits per heavy atom. The summed E-state index contributed by atoms with van der Waals surface area (Å²) in [5.74, 6) is 0.488. The lowest BCUT2D eigenvalue weighted by Crippen LogP contribution is -2.22. The lowest BCUT2D eigenvalue weighted by Gasteiger charge is -2.19. The van der Waals surface area contributed by atoms with E-state index in [1.165, 1.54) is 4.52 Å². The van der Waals surface area contributed by atoms with E-state index in [9.17, 15) is 13.2 Å². The SMILES string of the molecule is O=Cc1cccc2nc(C3CCCCS3(=O)=O)nn12. The lowest BCUT2D eigenvalue weighted by atomic mass is 10.2. The summed E-state index contributed by atoms with van der Waals surface area (Å²) in [7, 11) is -3.17. The van der Waals surface area contributed by atoms with Gasteiger partial charge in [0.15, 0.2) is 27.6 Å². The summed E-state index contributed by atoms with van der Waals surface area (Å²) in [6, 6.07) is 5.03. The molecule has 1 fully saturated rings. The monoisotopic (exact) mass is 279 g/mol. The maximum absolute atomic E-state index is 12.1. The molecule has 1 aliphatic heterocycles. The van der Waals surface area contributed by atoms with Crippen molar-refractivity contribution in [3.63, 3.8) is 0 Å². The number of sulfone groups is 1. The van der Waals surface area contributed by atoms with Crippen molar-refractivity contribution < 1.29 is 13.2 Å². The smallest absolute Gasteiger partial charge is 0.169 e. The van der Waals surface area contributed by atoms with Gasteiger partial charge < -0.3 is 0 Å². The van der Waals surface area contributed by atoms with Crippen LogP contribution in [0.4, 0.5) is 0 Å². The molecule has 7 heteroatoms. The first kappa shape index (κ1) is 12.3. The molecule has 0 amide bonds. The predicted molar refractivity (Wildman–Crippen MR) is 68.8 cm³/mol. The standard InChI is InChI=1S/C12H13N3O3S/c16-8-9-4-3-6-11-13-12(14-15(9)11)10-5-1-2-7-19(10,17)18/h3-4,6,8,10H,1-2,5,7H2. The zero-order valence-electron chi connectivity index (χ0n) is 10.2. The summed E-state index contributed by atoms with van der Waals surface area (Å²) in [5, 5.41) is 3.56. The normalized spacial score (nSPS) is 22.4. The Labute approximate surface area is 110 Å². The van der Waals surface area contributed by atoms with E-state index in [2.05, 4.69) is 10.1 Å². The Hall–Kier alpha value is -1.76. The molecule has 6 nitrogen and oxygen atoms in total. The fraction of sp³-hybridized carbons (Fsp3) is 0.417. The minimum Gasteiger partial charge on any atom is -0.296 e. The molecule has 0 spiro atoms. The summed E-state index contributed by atoms with van der Waals surface area (Å²) < 4.78 is 25.5. The number of carbonyl (C=O) groups excluding carboxylic acids is 1. The molecule has 0 aromatic carbocycles. The van der Waals surface area contributed by atoms with Gasteiger partial charge in [0.2, 0.25) is 0 Å². The van der Waals surface area contributed by atoms with Crippen LogP contribution in [0.2, 0.25) is 0 Å². The number of aromatic nitrogens is 3. The Bertz CT molecular complexity index is 736. The molecule has 0 N–H and O–H groups in total. The quantitative estimate of drug-likeness (QED) is 0.771. The molecule has 1 saturated heterocycles. The van der Waals surface area contributed by atoms with E-state index in [-0.39, 0.29) is 5.75 Å². The number of pyridine rings is 1. The third-order valence-electron chi connectivity index (χ3n) is 3.39. The summed E-state index contributed by atoms with van der Waals surface area (Å²) in [4.78, 5) is 15.2. The number of hydrogen-bond donors (Lipinski definition) is 0. The van der Waals surface area contributed by atoms with Crippen LogP contribution in [-0.4, -0.2) is 35.1 Å². The van der Waals surface area contributed by atoms with Crippen LogP contribution in [0.15, 0.2) is 18.2 Å². The zero-order chi connectivity index (χ0) is 13.5. The third kappa shape index (κ3) is 2.03. The van der Waals surface area contributed by atoms with Crippen molar-refractivity contribution in [1.82, 2.24) is 14.6 Å². The number of nitrogens with zero attached hydrogens (tertiary/aromatic N) is 3. The van der Waals surface area contributed by atoms with E-state index in [0.717, 1.165) is 6.42 Å². The Kier molecular flexibility index (Phi) is 2.85. The maximum Gasteiger partial charge on any atom is 0.169 e. The Morgan fingerprint density at radius 2 is 2.16 bits per heavy atom. The molecule has 3 rings (SSSR count). The maximum atomic E-state index is 12.1. The first-order chi connectivity index (χ1) is 9.12. The van der Waals surface area contributed by atoms with Crippen molar-refractivity contribution in [2.75, 3.05) is 5.75 Å². The molecule has 0 radical (unpaired) electrons. The molecule has 100 valence electrons. The molecule has 19 heavy (non-hydrogen) atoms. The highest BCUT2D eigenvalue weighted by Gasteiger charge is 2.33. The Morgan fingerprint density at radius 1 is 1.32 bits per heavy atom. The average molecular weight is 279 g/mol. The van der Waals surface area contributed by atoms with E-state index < -0.39 is 15.1 Å². The largest absolute Gasteiger partial charge is 0.296 e. The van der Waals surface area contributed by atoms with E-state index in [4.69, 9.17) is 0 Å². The second-order valence-corrected chi connectivity index (χ2v) is 6.96. The molecule has 0 saturated carbocycles. The minimum atomic E-state index is -3.17. The van der Waals surface area contributed by atoms with Crippen LogP contribution < -0.4 is 0 Å². The second kappa shape index (κ2) is 4.41. The summed E-state index contributed by atoms with van der Waals surface area (Å²) in [6.45, 7) is 0. The van der Waals surface area contributed by atoms with Gasteiger partial charge in [0.05, 0.1) is 5.75 Å². The molecule has 1 unspecified atom stereocenters. The van der Waals surface area contributed by atoms with E-state index >= 15 is 0 Å². The topological polar surface area (TPSA) is 81.4 Å². The van der Waals surface area contributed by atoms with Gasteiger partial charge in [-0.05, 0) is 25.0 Å². The molecule has 2 aromatic rings. The molecule has 0 aliphatic carbocycles. The van der Waals surface area contributed by atoms with Crippen LogP contribution in [0.3, 0.4) is 0 Å². The highest BCUT2D eigenvalue weighted by Crippen LogP contribution is 2.31. The highest BCUT2D eigenvalue weighted by atomic mass is 32.2. The van der Waals surface area contributed by atoms with Crippen molar-refractivity contribution in [2.45, 2.75) is 24.5 Å². The molecular weight excluding hydrogens is 266 g/mol. The molecule has 0 bridgehead atoms. The van der Waals surface area contributed by atoms with Gasteiger partial charge in [0, 0.05) is 0 Å². The first-order valence-corrected chi connectivity index (χ1v) is 7.86. The van der Waals surface area contributed by atoms with Crippen LogP contribution in [0.1, 0.15) is 40.8 Å². The van der Waals surface area contributed by atoms with Gasteiger partial charge in [-0.1, -0.05) is 12.5 Å². The molecule has 2 aromatic heterocycles. The van der Waals surface area contributed by atoms with Gasteiger partial charge in [-0.2, -0.15) is 0 Å². The number of fused-ring (bicyclic) bond motifs is 1. The van der Waals surface area contributed by atoms with Crippen molar-refractivity contribution in [1.29, 1.82) is 0 Å². The second-order valence-electron chi connectivity index (χ2n) is 4.66. The van der Waals surface area contributed by atoms with Gasteiger partial charge in [-0.3, -0.25) is 4.79 Å². The minimum absolute atomic E-state index is 0.188. The number of hydrogen-bond acceptors (Lipinski definition) is 5. The summed E-state index contributed by atoms with van der Waals surface area (Å²) in [6.07, 6.45) is 2.79. The van der Waals surface area contributed by atoms with Crippen molar-refractivity contribution in [2.24, 2.45) is 0 Å². The van der Waals surface area contributed by atoms with Crippen LogP contribution in [0, 0.1) is 0 Å². The number of carbonyl (C=O) groups is 1. The van der Waals surface area contributed by atoms with E-state index in [1.807, 2.05) is 0 Å². The third-order valence-corrected chi connectivity index (χ3v) is 5.56. The van der Waals surface area contributed by atoms with Gasteiger partial charge in [-0.15, -0.1) is 5.10 Å². The molecular formula is C12H13N3O3S. The summed E-state index contributed by atoms with van der Waals surface area (Å²) in [5.41, 5.74) is 0.866. The molecule has 1 aliphatic rings. The highest BCUT2D eigenvalue weighted by molar-refractivity contribution is 7.91. The van der Waals surface area contributed by atoms with Crippen LogP contribution in [-0.2, 0) is 9.84 Å². The van der Waals surface area contributed by atoms with Crippen LogP contribution >= 0.6 is 0 Å². The van der Waals surface area contributed by atoms with Crippen molar-refractivity contribution in [3.8, 4) is 0 Å². The van der Waals surface area contributed by atoms with Gasteiger partial charge in [0.25, 0.3) is 0 Å². The summed E-state index contributed by atoms with van der Waals surface area (Å²) >= 11 is 0. The predicted octanol–water partition coefficient (Wildman–Crippen LogP) is 1.18.